The van der Waals surface area contributed by atoms with Crippen molar-refractivity contribution in [2.75, 3.05) is 0 Å². The summed E-state index contributed by atoms with van der Waals surface area (Å²) in [6.07, 6.45) is 0.800. The van der Waals surface area contributed by atoms with Gasteiger partial charge in [-0.3, -0.25) is 0 Å². The third kappa shape index (κ3) is 4.67. The summed E-state index contributed by atoms with van der Waals surface area (Å²) in [5.74, 6) is 0.165. The first-order valence-electron chi connectivity index (χ1n) is 12.7. The lowest BCUT2D eigenvalue weighted by molar-refractivity contribution is 0.584. The maximum Gasteiger partial charge on any atom is 0.205 e. The molecule has 194 valence electrons. The van der Waals surface area contributed by atoms with Crippen molar-refractivity contribution in [1.29, 1.82) is 0 Å². The molecule has 0 aliphatic carbocycles. The molecular weight excluding hydrogens is 496 g/mol. The number of H-pyrrole nitrogens is 1. The zero-order valence-electron chi connectivity index (χ0n) is 21.7. The van der Waals surface area contributed by atoms with Crippen LogP contribution in [0.15, 0.2) is 66.7 Å². The van der Waals surface area contributed by atoms with Crippen molar-refractivity contribution < 1.29 is 8.78 Å². The zero-order chi connectivity index (χ0) is 27.1. The molecule has 6 rings (SSSR count). The van der Waals surface area contributed by atoms with E-state index in [9.17, 15) is 8.78 Å². The minimum Gasteiger partial charge on any atom is -0.308 e. The average Bonchev–Trinajstić information content (AvgIpc) is 3.57. The van der Waals surface area contributed by atoms with Gasteiger partial charge in [-0.25, -0.2) is 18.7 Å². The number of nitrogens with zero attached hydrogens (tertiary/aromatic N) is 6. The summed E-state index contributed by atoms with van der Waals surface area (Å²) in [6.45, 7) is 6.80. The summed E-state index contributed by atoms with van der Waals surface area (Å²) in [6, 6.07) is 19.3. The topological polar surface area (TPSA) is 85.2 Å². The highest BCUT2D eigenvalue weighted by atomic mass is 19.1. The van der Waals surface area contributed by atoms with Gasteiger partial charge in [0.2, 0.25) is 5.82 Å². The highest BCUT2D eigenvalue weighted by Gasteiger charge is 2.16. The monoisotopic (exact) mass is 521 g/mol. The highest BCUT2D eigenvalue weighted by Crippen LogP contribution is 2.35. The van der Waals surface area contributed by atoms with Gasteiger partial charge in [-0.15, -0.1) is 10.2 Å². The number of rotatable bonds is 6. The van der Waals surface area contributed by atoms with Crippen LogP contribution in [0.4, 0.5) is 8.78 Å². The number of imidazole rings is 1. The first-order chi connectivity index (χ1) is 18.9. The Kier molecular flexibility index (Phi) is 6.18. The Morgan fingerprint density at radius 1 is 0.795 bits per heavy atom. The summed E-state index contributed by atoms with van der Waals surface area (Å²) in [5.41, 5.74) is 8.61. The quantitative estimate of drug-likeness (QED) is 0.272. The molecule has 3 heterocycles. The van der Waals surface area contributed by atoms with Crippen LogP contribution in [0.2, 0.25) is 0 Å². The van der Waals surface area contributed by atoms with E-state index in [2.05, 4.69) is 57.2 Å². The first kappa shape index (κ1) is 24.5. The molecule has 0 saturated carbocycles. The molecule has 7 nitrogen and oxygen atoms in total. The fourth-order valence-electron chi connectivity index (χ4n) is 5.01. The third-order valence-corrected chi connectivity index (χ3v) is 6.82. The van der Waals surface area contributed by atoms with E-state index in [1.165, 1.54) is 12.1 Å². The minimum atomic E-state index is -0.628. The second-order valence-electron chi connectivity index (χ2n) is 9.57. The van der Waals surface area contributed by atoms with Crippen molar-refractivity contribution in [2.24, 2.45) is 0 Å². The van der Waals surface area contributed by atoms with Crippen LogP contribution >= 0.6 is 0 Å². The van der Waals surface area contributed by atoms with E-state index >= 15 is 0 Å². The van der Waals surface area contributed by atoms with Crippen molar-refractivity contribution in [2.45, 2.75) is 33.7 Å². The third-order valence-electron chi connectivity index (χ3n) is 6.82. The van der Waals surface area contributed by atoms with Gasteiger partial charge in [-0.1, -0.05) is 37.3 Å². The van der Waals surface area contributed by atoms with Gasteiger partial charge in [0, 0.05) is 23.7 Å². The summed E-state index contributed by atoms with van der Waals surface area (Å²) in [7, 11) is 0. The van der Waals surface area contributed by atoms with Crippen molar-refractivity contribution >= 4 is 11.2 Å². The van der Waals surface area contributed by atoms with Crippen LogP contribution in [0.25, 0.3) is 44.8 Å². The van der Waals surface area contributed by atoms with Gasteiger partial charge in [-0.05, 0) is 82.8 Å². The van der Waals surface area contributed by atoms with Gasteiger partial charge in [0.1, 0.15) is 23.0 Å². The van der Waals surface area contributed by atoms with Crippen molar-refractivity contribution in [3.05, 3.63) is 101 Å². The Balaban J connectivity index is 1.40. The predicted octanol–water partition coefficient (Wildman–Crippen LogP) is 6.45. The zero-order valence-corrected chi connectivity index (χ0v) is 21.7. The van der Waals surface area contributed by atoms with E-state index < -0.39 is 11.6 Å². The fraction of sp³-hybridized carbons (Fsp3) is 0.167. The second kappa shape index (κ2) is 9.83. The standard InChI is InChI=1S/C30H25F2N7/c1-4-27-34-28-17(2)11-18(3)33-30(28)39(27)16-19-5-7-20(8-6-19)26-14-21(22-12-23(31)15-24(32)13-22)9-10-25(26)29-35-37-38-36-29/h5-15H,4,16H2,1-3H3,(H,35,36,37,38). The molecule has 0 amide bonds. The average molecular weight is 522 g/mol. The number of aromatic nitrogens is 7. The number of fused-ring (bicyclic) bond motifs is 1. The highest BCUT2D eigenvalue weighted by molar-refractivity contribution is 5.85. The lowest BCUT2D eigenvalue weighted by Gasteiger charge is -2.13. The van der Waals surface area contributed by atoms with E-state index in [1.807, 2.05) is 31.2 Å². The Morgan fingerprint density at radius 3 is 2.23 bits per heavy atom. The molecule has 0 fully saturated rings. The van der Waals surface area contributed by atoms with E-state index in [0.29, 0.717) is 23.5 Å². The van der Waals surface area contributed by atoms with Crippen LogP contribution in [-0.4, -0.2) is 35.2 Å². The molecule has 0 unspecified atom stereocenters. The van der Waals surface area contributed by atoms with Gasteiger partial charge < -0.3 is 4.57 Å². The van der Waals surface area contributed by atoms with Crippen molar-refractivity contribution in [3.63, 3.8) is 0 Å². The molecule has 0 spiro atoms. The molecule has 39 heavy (non-hydrogen) atoms. The van der Waals surface area contributed by atoms with Crippen molar-refractivity contribution in [3.8, 4) is 33.6 Å². The molecule has 1 N–H and O–H groups in total. The Hall–Kier alpha value is -4.79. The van der Waals surface area contributed by atoms with Gasteiger partial charge >= 0.3 is 0 Å². The fourth-order valence-corrected chi connectivity index (χ4v) is 5.01. The maximum atomic E-state index is 14.0. The molecule has 3 aromatic heterocycles. The van der Waals surface area contributed by atoms with Gasteiger partial charge in [0.05, 0.1) is 6.54 Å². The molecular formula is C30H25F2N7. The summed E-state index contributed by atoms with van der Waals surface area (Å²) in [4.78, 5) is 9.63. The molecule has 0 atom stereocenters. The van der Waals surface area contributed by atoms with Crippen LogP contribution in [-0.2, 0) is 13.0 Å². The Bertz CT molecular complexity index is 1790. The van der Waals surface area contributed by atoms with Gasteiger partial charge in [-0.2, -0.15) is 5.21 Å². The number of hydrogen-bond acceptors (Lipinski definition) is 5. The maximum absolute atomic E-state index is 14.0. The molecule has 0 bridgehead atoms. The lowest BCUT2D eigenvalue weighted by atomic mass is 9.93. The van der Waals surface area contributed by atoms with Crippen LogP contribution in [0.1, 0.15) is 29.6 Å². The number of aromatic amines is 1. The number of pyridine rings is 1. The van der Waals surface area contributed by atoms with Gasteiger partial charge in [0.15, 0.2) is 5.65 Å². The number of tetrazole rings is 1. The van der Waals surface area contributed by atoms with Gasteiger partial charge in [0.25, 0.3) is 0 Å². The Labute approximate surface area is 223 Å². The SMILES string of the molecule is CCc1nc2c(C)cc(C)nc2n1Cc1ccc(-c2cc(-c3cc(F)cc(F)c3)ccc2-c2nn[nH]n2)cc1. The molecule has 6 aromatic rings. The van der Waals surface area contributed by atoms with Crippen molar-refractivity contribution in [1.82, 2.24) is 35.2 Å². The van der Waals surface area contributed by atoms with E-state index in [1.54, 1.807) is 6.07 Å². The number of hydrogen-bond donors (Lipinski definition) is 1. The largest absolute Gasteiger partial charge is 0.308 e. The number of benzene rings is 3. The van der Waals surface area contributed by atoms with E-state index in [4.69, 9.17) is 9.97 Å². The van der Waals surface area contributed by atoms with E-state index in [0.717, 1.165) is 63.0 Å². The summed E-state index contributed by atoms with van der Waals surface area (Å²) in [5, 5.41) is 14.5. The normalized spacial score (nSPS) is 11.4. The number of aryl methyl sites for hydroxylation is 3. The second-order valence-corrected chi connectivity index (χ2v) is 9.57. The molecule has 3 aromatic carbocycles. The molecule has 0 saturated heterocycles. The van der Waals surface area contributed by atoms with Crippen LogP contribution in [0, 0.1) is 25.5 Å². The summed E-state index contributed by atoms with van der Waals surface area (Å²) >= 11 is 0. The van der Waals surface area contributed by atoms with E-state index in [-0.39, 0.29) is 0 Å². The number of halogens is 2. The number of nitrogens with one attached hydrogen (secondary N) is 1. The van der Waals surface area contributed by atoms with Crippen LogP contribution < -0.4 is 0 Å². The first-order valence-corrected chi connectivity index (χ1v) is 12.7. The molecule has 0 radical (unpaired) electrons. The molecule has 0 aliphatic rings. The minimum absolute atomic E-state index is 0.431. The predicted molar refractivity (Wildman–Crippen MR) is 146 cm³/mol. The molecule has 9 heteroatoms. The van der Waals surface area contributed by atoms with Crippen LogP contribution in [0.3, 0.4) is 0 Å². The lowest BCUT2D eigenvalue weighted by Crippen LogP contribution is -2.05. The molecule has 0 aliphatic heterocycles. The van der Waals surface area contributed by atoms with Crippen LogP contribution in [0.5, 0.6) is 0 Å². The smallest absolute Gasteiger partial charge is 0.205 e. The summed E-state index contributed by atoms with van der Waals surface area (Å²) < 4.78 is 30.1. The Morgan fingerprint density at radius 2 is 1.54 bits per heavy atom.